The first kappa shape index (κ1) is 16.4. The number of benzene rings is 2. The minimum absolute atomic E-state index is 0.887. The minimum atomic E-state index is 0.887. The Balaban J connectivity index is 2.01. The molecule has 0 saturated carbocycles. The van der Waals surface area contributed by atoms with Gasteiger partial charge in [-0.25, -0.2) is 0 Å². The van der Waals surface area contributed by atoms with Gasteiger partial charge in [0.2, 0.25) is 0 Å². The predicted molar refractivity (Wildman–Crippen MR) is 93.3 cm³/mol. The molecule has 0 fully saturated rings. The zero-order chi connectivity index (χ0) is 15.1. The van der Waals surface area contributed by atoms with Crippen LogP contribution in [-0.4, -0.2) is 13.7 Å². The van der Waals surface area contributed by atoms with E-state index in [2.05, 4.69) is 58.5 Å². The molecule has 0 radical (unpaired) electrons. The van der Waals surface area contributed by atoms with Crippen LogP contribution in [0.4, 0.5) is 0 Å². The Morgan fingerprint density at radius 3 is 2.43 bits per heavy atom. The van der Waals surface area contributed by atoms with E-state index in [1.54, 1.807) is 18.9 Å². The first-order chi connectivity index (χ1) is 10.2. The molecule has 0 heterocycles. The van der Waals surface area contributed by atoms with Crippen molar-refractivity contribution in [1.82, 2.24) is 5.32 Å². The molecule has 0 bridgehead atoms. The molecule has 0 aromatic heterocycles. The topological polar surface area (TPSA) is 21.3 Å². The lowest BCUT2D eigenvalue weighted by molar-refractivity contribution is 0.414. The number of hydrogen-bond acceptors (Lipinski definition) is 3. The van der Waals surface area contributed by atoms with Gasteiger partial charge in [-0.05, 0) is 54.9 Å². The van der Waals surface area contributed by atoms with Crippen molar-refractivity contribution in [3.05, 3.63) is 52.5 Å². The van der Waals surface area contributed by atoms with Crippen LogP contribution >= 0.6 is 27.7 Å². The van der Waals surface area contributed by atoms with E-state index in [4.69, 9.17) is 4.74 Å². The molecule has 4 heteroatoms. The van der Waals surface area contributed by atoms with Gasteiger partial charge < -0.3 is 10.1 Å². The minimum Gasteiger partial charge on any atom is -0.497 e. The van der Waals surface area contributed by atoms with Crippen LogP contribution < -0.4 is 10.1 Å². The van der Waals surface area contributed by atoms with Crippen molar-refractivity contribution in [2.75, 3.05) is 13.7 Å². The molecule has 2 nitrogen and oxygen atoms in total. The third kappa shape index (κ3) is 5.06. The van der Waals surface area contributed by atoms with E-state index in [9.17, 15) is 0 Å². The Morgan fingerprint density at radius 2 is 1.81 bits per heavy atom. The van der Waals surface area contributed by atoms with Gasteiger partial charge in [0.05, 0.1) is 7.11 Å². The maximum absolute atomic E-state index is 5.18. The van der Waals surface area contributed by atoms with Gasteiger partial charge in [0.15, 0.2) is 0 Å². The predicted octanol–water partition coefficient (Wildman–Crippen LogP) is 5.11. The normalized spacial score (nSPS) is 10.6. The van der Waals surface area contributed by atoms with Crippen molar-refractivity contribution in [2.45, 2.75) is 29.7 Å². The highest BCUT2D eigenvalue weighted by atomic mass is 79.9. The van der Waals surface area contributed by atoms with E-state index in [0.717, 1.165) is 29.7 Å². The smallest absolute Gasteiger partial charge is 0.118 e. The third-order valence-corrected chi connectivity index (χ3v) is 4.80. The van der Waals surface area contributed by atoms with Crippen molar-refractivity contribution >= 4 is 27.7 Å². The highest BCUT2D eigenvalue weighted by Gasteiger charge is 2.03. The molecule has 0 atom stereocenters. The molecule has 0 aliphatic heterocycles. The lowest BCUT2D eigenvalue weighted by Gasteiger charge is -2.09. The van der Waals surface area contributed by atoms with Crippen molar-refractivity contribution in [3.63, 3.8) is 0 Å². The number of hydrogen-bond donors (Lipinski definition) is 1. The summed E-state index contributed by atoms with van der Waals surface area (Å²) in [6, 6.07) is 14.7. The largest absolute Gasteiger partial charge is 0.497 e. The summed E-state index contributed by atoms with van der Waals surface area (Å²) >= 11 is 5.41. The van der Waals surface area contributed by atoms with Gasteiger partial charge in [-0.2, -0.15) is 0 Å². The molecule has 0 saturated heterocycles. The lowest BCUT2D eigenvalue weighted by Crippen LogP contribution is -2.14. The van der Waals surface area contributed by atoms with Gasteiger partial charge >= 0.3 is 0 Å². The first-order valence-electron chi connectivity index (χ1n) is 7.04. The Morgan fingerprint density at radius 1 is 1.10 bits per heavy atom. The quantitative estimate of drug-likeness (QED) is 0.688. The summed E-state index contributed by atoms with van der Waals surface area (Å²) in [4.78, 5) is 2.44. The van der Waals surface area contributed by atoms with E-state index in [-0.39, 0.29) is 0 Å². The summed E-state index contributed by atoms with van der Waals surface area (Å²) in [5.74, 6) is 0.887. The summed E-state index contributed by atoms with van der Waals surface area (Å²) < 4.78 is 6.33. The second-order valence-electron chi connectivity index (χ2n) is 4.71. The fourth-order valence-corrected chi connectivity index (χ4v) is 3.44. The van der Waals surface area contributed by atoms with Crippen LogP contribution in [0.2, 0.25) is 0 Å². The molecule has 0 aliphatic carbocycles. The summed E-state index contributed by atoms with van der Waals surface area (Å²) in [7, 11) is 1.69. The van der Waals surface area contributed by atoms with Crippen molar-refractivity contribution in [2.24, 2.45) is 0 Å². The van der Waals surface area contributed by atoms with Crippen LogP contribution in [0.3, 0.4) is 0 Å². The standard InChI is InChI=1S/C17H20BrNOS/c1-3-10-19-12-13-4-7-16(11-17(13)18)21-15-8-5-14(20-2)6-9-15/h4-9,11,19H,3,10,12H2,1-2H3. The molecule has 0 aliphatic rings. The summed E-state index contributed by atoms with van der Waals surface area (Å²) in [5.41, 5.74) is 1.29. The maximum Gasteiger partial charge on any atom is 0.118 e. The number of methoxy groups -OCH3 is 1. The maximum atomic E-state index is 5.18. The second-order valence-corrected chi connectivity index (χ2v) is 6.71. The van der Waals surface area contributed by atoms with Crippen LogP contribution in [0.15, 0.2) is 56.7 Å². The van der Waals surface area contributed by atoms with E-state index < -0.39 is 0 Å². The van der Waals surface area contributed by atoms with E-state index in [1.165, 1.54) is 15.4 Å². The third-order valence-electron chi connectivity index (χ3n) is 3.06. The molecule has 2 rings (SSSR count). The zero-order valence-corrected chi connectivity index (χ0v) is 14.8. The molecule has 2 aromatic rings. The van der Waals surface area contributed by atoms with Gasteiger partial charge in [-0.3, -0.25) is 0 Å². The van der Waals surface area contributed by atoms with Gasteiger partial charge in [0.25, 0.3) is 0 Å². The number of ether oxygens (including phenoxy) is 1. The molecular formula is C17H20BrNOS. The fraction of sp³-hybridized carbons (Fsp3) is 0.294. The molecule has 21 heavy (non-hydrogen) atoms. The number of halogens is 1. The molecule has 112 valence electrons. The van der Waals surface area contributed by atoms with Gasteiger partial charge in [0, 0.05) is 20.8 Å². The van der Waals surface area contributed by atoms with E-state index in [1.807, 2.05) is 12.1 Å². The summed E-state index contributed by atoms with van der Waals surface area (Å²) in [6.45, 7) is 4.13. The van der Waals surface area contributed by atoms with Gasteiger partial charge in [0.1, 0.15) is 5.75 Å². The van der Waals surface area contributed by atoms with E-state index in [0.29, 0.717) is 0 Å². The number of rotatable bonds is 7. The molecule has 1 N–H and O–H groups in total. The average molecular weight is 366 g/mol. The summed E-state index contributed by atoms with van der Waals surface area (Å²) in [6.07, 6.45) is 1.16. The van der Waals surface area contributed by atoms with Crippen molar-refractivity contribution in [3.8, 4) is 5.75 Å². The average Bonchev–Trinajstić information content (AvgIpc) is 2.50. The number of nitrogens with one attached hydrogen (secondary N) is 1. The van der Waals surface area contributed by atoms with E-state index >= 15 is 0 Å². The highest BCUT2D eigenvalue weighted by Crippen LogP contribution is 2.31. The monoisotopic (exact) mass is 365 g/mol. The highest BCUT2D eigenvalue weighted by molar-refractivity contribution is 9.10. The SMILES string of the molecule is CCCNCc1ccc(Sc2ccc(OC)cc2)cc1Br. The van der Waals surface area contributed by atoms with Crippen molar-refractivity contribution in [1.29, 1.82) is 0 Å². The Bertz CT molecular complexity index is 572. The Kier molecular flexibility index (Phi) is 6.61. The molecule has 0 unspecified atom stereocenters. The van der Waals surface area contributed by atoms with Gasteiger partial charge in [-0.1, -0.05) is 40.7 Å². The molecule has 0 amide bonds. The molecular weight excluding hydrogens is 346 g/mol. The van der Waals surface area contributed by atoms with Crippen molar-refractivity contribution < 1.29 is 4.74 Å². The van der Waals surface area contributed by atoms with Gasteiger partial charge in [-0.15, -0.1) is 0 Å². The molecule has 0 spiro atoms. The summed E-state index contributed by atoms with van der Waals surface area (Å²) in [5, 5.41) is 3.42. The first-order valence-corrected chi connectivity index (χ1v) is 8.65. The Labute approximate surface area is 139 Å². The molecule has 2 aromatic carbocycles. The van der Waals surface area contributed by atoms with Crippen LogP contribution in [0.5, 0.6) is 5.75 Å². The zero-order valence-electron chi connectivity index (χ0n) is 12.4. The fourth-order valence-electron chi connectivity index (χ4n) is 1.91. The van der Waals surface area contributed by atoms with Crippen LogP contribution in [0.1, 0.15) is 18.9 Å². The second kappa shape index (κ2) is 8.47. The lowest BCUT2D eigenvalue weighted by atomic mass is 10.2. The van der Waals surface area contributed by atoms with Crippen LogP contribution in [-0.2, 0) is 6.54 Å². The van der Waals surface area contributed by atoms with Crippen LogP contribution in [0, 0.1) is 0 Å². The Hall–Kier alpha value is -0.970. The van der Waals surface area contributed by atoms with Crippen LogP contribution in [0.25, 0.3) is 0 Å².